The van der Waals surface area contributed by atoms with E-state index in [1.54, 1.807) is 6.92 Å². The minimum atomic E-state index is -0.260. The van der Waals surface area contributed by atoms with E-state index in [1.807, 2.05) is 18.2 Å². The van der Waals surface area contributed by atoms with Crippen LogP contribution >= 0.6 is 0 Å². The van der Waals surface area contributed by atoms with Crippen molar-refractivity contribution in [1.82, 2.24) is 5.32 Å². The molecule has 1 amide bonds. The van der Waals surface area contributed by atoms with Gasteiger partial charge in [-0.1, -0.05) is 24.3 Å². The van der Waals surface area contributed by atoms with E-state index in [1.165, 1.54) is 5.56 Å². The minimum absolute atomic E-state index is 0.00233. The second-order valence-electron chi connectivity index (χ2n) is 6.63. The summed E-state index contributed by atoms with van der Waals surface area (Å²) in [6, 6.07) is 8.14. The summed E-state index contributed by atoms with van der Waals surface area (Å²) in [4.78, 5) is 24.9. The molecule has 1 N–H and O–H groups in total. The van der Waals surface area contributed by atoms with Crippen molar-refractivity contribution in [2.45, 2.75) is 38.7 Å². The van der Waals surface area contributed by atoms with Crippen LogP contribution in [0.25, 0.3) is 0 Å². The van der Waals surface area contributed by atoms with Crippen LogP contribution in [-0.2, 0) is 17.6 Å². The highest BCUT2D eigenvalue weighted by Crippen LogP contribution is 2.30. The maximum atomic E-state index is 12.7. The number of carbonyl (C=O) groups excluding carboxylic acids is 2. The molecule has 0 bridgehead atoms. The van der Waals surface area contributed by atoms with E-state index < -0.39 is 0 Å². The van der Waals surface area contributed by atoms with Gasteiger partial charge >= 0.3 is 0 Å². The molecule has 4 rings (SSSR count). The van der Waals surface area contributed by atoms with Gasteiger partial charge in [-0.25, -0.2) is 0 Å². The van der Waals surface area contributed by atoms with Gasteiger partial charge in [-0.2, -0.15) is 0 Å². The van der Waals surface area contributed by atoms with Crippen molar-refractivity contribution < 1.29 is 18.7 Å². The Balaban J connectivity index is 1.53. The molecule has 0 fully saturated rings. The Morgan fingerprint density at radius 2 is 2.08 bits per heavy atom. The molecule has 1 aliphatic heterocycles. The highest BCUT2D eigenvalue weighted by atomic mass is 16.5. The van der Waals surface area contributed by atoms with Gasteiger partial charge in [0.2, 0.25) is 0 Å². The normalized spacial score (nSPS) is 19.2. The number of ketones is 1. The van der Waals surface area contributed by atoms with Crippen LogP contribution in [0.15, 0.2) is 28.7 Å². The van der Waals surface area contributed by atoms with Crippen LogP contribution < -0.4 is 5.32 Å². The average Bonchev–Trinajstić information content (AvgIpc) is 2.97. The number of Topliss-reactive ketones (excluding diaryl/α,β-unsaturated/α-hetero) is 1. The number of rotatable bonds is 3. The summed E-state index contributed by atoms with van der Waals surface area (Å²) in [5, 5.41) is 2.93. The molecule has 0 saturated carbocycles. The number of hydrogen-bond donors (Lipinski definition) is 1. The first kappa shape index (κ1) is 16.1. The zero-order valence-electron chi connectivity index (χ0n) is 14.3. The molecular formula is C20H21NO4. The van der Waals surface area contributed by atoms with Crippen molar-refractivity contribution in [2.24, 2.45) is 0 Å². The molecular weight excluding hydrogens is 318 g/mol. The number of aryl methyl sites for hydroxylation is 2. The van der Waals surface area contributed by atoms with E-state index in [-0.39, 0.29) is 17.8 Å². The fourth-order valence-electron chi connectivity index (χ4n) is 3.80. The third-order valence-electron chi connectivity index (χ3n) is 5.01. The first-order valence-electron chi connectivity index (χ1n) is 8.78. The van der Waals surface area contributed by atoms with Crippen molar-refractivity contribution in [2.75, 3.05) is 13.2 Å². The first-order valence-corrected chi connectivity index (χ1v) is 8.78. The predicted octanol–water partition coefficient (Wildman–Crippen LogP) is 3.15. The smallest absolute Gasteiger partial charge is 0.255 e. The zero-order valence-corrected chi connectivity index (χ0v) is 14.3. The maximum Gasteiger partial charge on any atom is 0.255 e. The molecule has 5 heteroatoms. The van der Waals surface area contributed by atoms with Gasteiger partial charge in [-0.15, -0.1) is 0 Å². The lowest BCUT2D eigenvalue weighted by Crippen LogP contribution is -2.33. The molecule has 1 aromatic heterocycles. The van der Waals surface area contributed by atoms with E-state index in [2.05, 4.69) is 11.4 Å². The molecule has 2 aliphatic rings. The van der Waals surface area contributed by atoms with E-state index in [0.29, 0.717) is 48.6 Å². The van der Waals surface area contributed by atoms with Crippen LogP contribution in [0.1, 0.15) is 62.3 Å². The Bertz CT molecular complexity index is 836. The molecule has 1 atom stereocenters. The predicted molar refractivity (Wildman–Crippen MR) is 91.9 cm³/mol. The largest absolute Gasteiger partial charge is 0.465 e. The summed E-state index contributed by atoms with van der Waals surface area (Å²) in [5.74, 6) is 0.910. The van der Waals surface area contributed by atoms with Gasteiger partial charge in [0.15, 0.2) is 5.78 Å². The summed E-state index contributed by atoms with van der Waals surface area (Å²) in [6.45, 7) is 2.77. The van der Waals surface area contributed by atoms with Gasteiger partial charge in [-0.05, 0) is 30.9 Å². The quantitative estimate of drug-likeness (QED) is 0.933. The standard InChI is InChI=1S/C20H21NO4/c1-12-18(19-15(22)7-4-8-16(19)25-12)20(23)21-11-17-14-6-3-2-5-13(14)9-10-24-17/h2-3,5-6,17H,4,7-11H2,1H3,(H,21,23)/t17-/m1/s1. The van der Waals surface area contributed by atoms with Crippen molar-refractivity contribution in [3.05, 3.63) is 58.0 Å². The van der Waals surface area contributed by atoms with Gasteiger partial charge in [-0.3, -0.25) is 9.59 Å². The van der Waals surface area contributed by atoms with Crippen LogP contribution in [0.2, 0.25) is 0 Å². The molecule has 0 radical (unpaired) electrons. The van der Waals surface area contributed by atoms with E-state index in [0.717, 1.165) is 18.4 Å². The van der Waals surface area contributed by atoms with Gasteiger partial charge in [0.1, 0.15) is 17.6 Å². The Hall–Kier alpha value is -2.40. The van der Waals surface area contributed by atoms with Crippen LogP contribution in [0.4, 0.5) is 0 Å². The van der Waals surface area contributed by atoms with E-state index in [9.17, 15) is 9.59 Å². The van der Waals surface area contributed by atoms with Crippen molar-refractivity contribution in [1.29, 1.82) is 0 Å². The molecule has 1 aliphatic carbocycles. The second-order valence-corrected chi connectivity index (χ2v) is 6.63. The van der Waals surface area contributed by atoms with Gasteiger partial charge in [0.25, 0.3) is 5.91 Å². The Labute approximate surface area is 146 Å². The fraction of sp³-hybridized carbons (Fsp3) is 0.400. The Morgan fingerprint density at radius 3 is 2.96 bits per heavy atom. The SMILES string of the molecule is Cc1oc2c(c1C(=O)NC[C@H]1OCCc3ccccc31)C(=O)CCC2. The van der Waals surface area contributed by atoms with Gasteiger partial charge in [0.05, 0.1) is 17.7 Å². The van der Waals surface area contributed by atoms with Crippen molar-refractivity contribution in [3.8, 4) is 0 Å². The average molecular weight is 339 g/mol. The number of nitrogens with one attached hydrogen (secondary N) is 1. The first-order chi connectivity index (χ1) is 12.1. The van der Waals surface area contributed by atoms with Crippen molar-refractivity contribution >= 4 is 11.7 Å². The molecule has 0 spiro atoms. The number of amides is 1. The van der Waals surface area contributed by atoms with Crippen LogP contribution in [0.3, 0.4) is 0 Å². The molecule has 1 aromatic carbocycles. The Morgan fingerprint density at radius 1 is 1.24 bits per heavy atom. The highest BCUT2D eigenvalue weighted by molar-refractivity contribution is 6.10. The number of hydrogen-bond acceptors (Lipinski definition) is 4. The van der Waals surface area contributed by atoms with Crippen molar-refractivity contribution in [3.63, 3.8) is 0 Å². The maximum absolute atomic E-state index is 12.7. The van der Waals surface area contributed by atoms with Crippen LogP contribution in [0.5, 0.6) is 0 Å². The minimum Gasteiger partial charge on any atom is -0.465 e. The molecule has 2 heterocycles. The molecule has 130 valence electrons. The lowest BCUT2D eigenvalue weighted by Gasteiger charge is -2.26. The molecule has 5 nitrogen and oxygen atoms in total. The monoisotopic (exact) mass is 339 g/mol. The third-order valence-corrected chi connectivity index (χ3v) is 5.01. The van der Waals surface area contributed by atoms with E-state index in [4.69, 9.17) is 9.15 Å². The number of ether oxygens (including phenoxy) is 1. The number of fused-ring (bicyclic) bond motifs is 2. The lowest BCUT2D eigenvalue weighted by atomic mass is 9.93. The summed E-state index contributed by atoms with van der Waals surface area (Å²) in [5.41, 5.74) is 3.26. The topological polar surface area (TPSA) is 68.5 Å². The molecule has 0 unspecified atom stereocenters. The fourth-order valence-corrected chi connectivity index (χ4v) is 3.80. The number of furan rings is 1. The van der Waals surface area contributed by atoms with Gasteiger partial charge in [0, 0.05) is 19.4 Å². The molecule has 0 saturated heterocycles. The van der Waals surface area contributed by atoms with Crippen LogP contribution in [0, 0.1) is 6.92 Å². The highest BCUT2D eigenvalue weighted by Gasteiger charge is 2.31. The summed E-state index contributed by atoms with van der Waals surface area (Å²) >= 11 is 0. The lowest BCUT2D eigenvalue weighted by molar-refractivity contribution is 0.0411. The number of benzene rings is 1. The van der Waals surface area contributed by atoms with Crippen LogP contribution in [-0.4, -0.2) is 24.8 Å². The summed E-state index contributed by atoms with van der Waals surface area (Å²) in [7, 11) is 0. The summed E-state index contributed by atoms with van der Waals surface area (Å²) in [6.07, 6.45) is 2.71. The Kier molecular flexibility index (Phi) is 4.17. The third kappa shape index (κ3) is 2.89. The summed E-state index contributed by atoms with van der Waals surface area (Å²) < 4.78 is 11.5. The zero-order chi connectivity index (χ0) is 17.4. The van der Waals surface area contributed by atoms with E-state index >= 15 is 0 Å². The molecule has 2 aromatic rings. The number of carbonyl (C=O) groups is 2. The van der Waals surface area contributed by atoms with Gasteiger partial charge < -0.3 is 14.5 Å². The molecule has 25 heavy (non-hydrogen) atoms. The second kappa shape index (κ2) is 6.48.